The fraction of sp³-hybridized carbons (Fsp3) is 0.400. The smallest absolute Gasteiger partial charge is 0.0758 e. The Morgan fingerprint density at radius 3 is 3.00 bits per heavy atom. The molecule has 0 saturated heterocycles. The molecule has 5 heteroatoms. The van der Waals surface area contributed by atoms with Gasteiger partial charge < -0.3 is 15.2 Å². The molecule has 1 unspecified atom stereocenters. The number of halogens is 1. The van der Waals surface area contributed by atoms with Gasteiger partial charge in [-0.05, 0) is 24.1 Å². The van der Waals surface area contributed by atoms with E-state index >= 15 is 0 Å². The number of rotatable bonds is 7. The first-order valence-electron chi connectivity index (χ1n) is 6.61. The van der Waals surface area contributed by atoms with Gasteiger partial charge in [0.2, 0.25) is 0 Å². The minimum absolute atomic E-state index is 0.146. The molecule has 4 nitrogen and oxygen atoms in total. The van der Waals surface area contributed by atoms with Gasteiger partial charge in [-0.15, -0.1) is 0 Å². The second kappa shape index (κ2) is 7.69. The van der Waals surface area contributed by atoms with Crippen molar-refractivity contribution in [2.24, 2.45) is 0 Å². The molecule has 2 rings (SSSR count). The van der Waals surface area contributed by atoms with Gasteiger partial charge in [0.25, 0.3) is 0 Å². The number of aliphatic hydroxyl groups excluding tert-OH is 1. The van der Waals surface area contributed by atoms with Crippen molar-refractivity contribution in [3.05, 3.63) is 40.5 Å². The first-order valence-corrected chi connectivity index (χ1v) is 7.41. The highest BCUT2D eigenvalue weighted by Gasteiger charge is 2.10. The third-order valence-electron chi connectivity index (χ3n) is 3.23. The molecule has 0 aliphatic heterocycles. The Labute approximate surface area is 127 Å². The Morgan fingerprint density at radius 1 is 1.40 bits per heavy atom. The summed E-state index contributed by atoms with van der Waals surface area (Å²) < 4.78 is 6.20. The van der Waals surface area contributed by atoms with E-state index in [4.69, 9.17) is 9.84 Å². The van der Waals surface area contributed by atoms with Gasteiger partial charge in [0.1, 0.15) is 0 Å². The van der Waals surface area contributed by atoms with Crippen LogP contribution >= 0.6 is 15.9 Å². The lowest BCUT2D eigenvalue weighted by atomic mass is 10.1. The normalized spacial score (nSPS) is 12.8. The molecule has 0 saturated carbocycles. The van der Waals surface area contributed by atoms with Gasteiger partial charge >= 0.3 is 0 Å². The standard InChI is InChI=1S/C15H19BrN2O2/c1-20-10-12(6-8-19)18-9-11-4-5-14(16)13-3-2-7-17-15(11)13/h2-5,7,12,18-19H,6,8-10H2,1H3. The minimum atomic E-state index is 0.146. The molecule has 1 atom stereocenters. The summed E-state index contributed by atoms with van der Waals surface area (Å²) in [6, 6.07) is 8.24. The van der Waals surface area contributed by atoms with Gasteiger partial charge in [-0.1, -0.05) is 28.1 Å². The fourth-order valence-corrected chi connectivity index (χ4v) is 2.65. The number of nitrogens with zero attached hydrogens (tertiary/aromatic N) is 1. The van der Waals surface area contributed by atoms with Crippen molar-refractivity contribution in [2.45, 2.75) is 19.0 Å². The second-order valence-electron chi connectivity index (χ2n) is 4.65. The molecule has 2 N–H and O–H groups in total. The lowest BCUT2D eigenvalue weighted by Crippen LogP contribution is -2.33. The molecule has 1 aromatic carbocycles. The Kier molecular flexibility index (Phi) is 5.91. The van der Waals surface area contributed by atoms with Crippen molar-refractivity contribution in [1.29, 1.82) is 0 Å². The fourth-order valence-electron chi connectivity index (χ4n) is 2.19. The summed E-state index contributed by atoms with van der Waals surface area (Å²) in [5.74, 6) is 0. The predicted molar refractivity (Wildman–Crippen MR) is 83.6 cm³/mol. The Balaban J connectivity index is 2.15. The predicted octanol–water partition coefficient (Wildman–Crippen LogP) is 2.48. The number of aliphatic hydroxyl groups is 1. The number of pyridine rings is 1. The average Bonchev–Trinajstić information content (AvgIpc) is 2.47. The average molecular weight is 339 g/mol. The van der Waals surface area contributed by atoms with Crippen LogP contribution in [0.4, 0.5) is 0 Å². The largest absolute Gasteiger partial charge is 0.396 e. The van der Waals surface area contributed by atoms with Crippen LogP contribution in [0.1, 0.15) is 12.0 Å². The lowest BCUT2D eigenvalue weighted by molar-refractivity contribution is 0.148. The Hall–Kier alpha value is -1.01. The second-order valence-corrected chi connectivity index (χ2v) is 5.51. The number of nitrogens with one attached hydrogen (secondary N) is 1. The maximum absolute atomic E-state index is 9.05. The highest BCUT2D eigenvalue weighted by atomic mass is 79.9. The van der Waals surface area contributed by atoms with Crippen LogP contribution in [0, 0.1) is 0 Å². The third-order valence-corrected chi connectivity index (χ3v) is 3.92. The van der Waals surface area contributed by atoms with Crippen molar-refractivity contribution in [3.63, 3.8) is 0 Å². The minimum Gasteiger partial charge on any atom is -0.396 e. The molecule has 0 spiro atoms. The number of hydrogen-bond donors (Lipinski definition) is 2. The van der Waals surface area contributed by atoms with Crippen molar-refractivity contribution >= 4 is 26.8 Å². The summed E-state index contributed by atoms with van der Waals surface area (Å²) in [7, 11) is 1.67. The Morgan fingerprint density at radius 2 is 2.25 bits per heavy atom. The number of aromatic nitrogens is 1. The van der Waals surface area contributed by atoms with Crippen LogP contribution in [0.5, 0.6) is 0 Å². The van der Waals surface area contributed by atoms with Crippen molar-refractivity contribution in [3.8, 4) is 0 Å². The van der Waals surface area contributed by atoms with Crippen LogP contribution in [0.25, 0.3) is 10.9 Å². The van der Waals surface area contributed by atoms with E-state index in [1.165, 1.54) is 0 Å². The number of benzene rings is 1. The number of ether oxygens (including phenoxy) is 1. The van der Waals surface area contributed by atoms with E-state index in [1.807, 2.05) is 12.1 Å². The van der Waals surface area contributed by atoms with Gasteiger partial charge in [-0.25, -0.2) is 0 Å². The molecule has 1 aromatic heterocycles. The topological polar surface area (TPSA) is 54.4 Å². The molecule has 1 heterocycles. The molecule has 0 aliphatic carbocycles. The highest BCUT2D eigenvalue weighted by Crippen LogP contribution is 2.25. The van der Waals surface area contributed by atoms with E-state index < -0.39 is 0 Å². The maximum atomic E-state index is 9.05. The van der Waals surface area contributed by atoms with E-state index in [0.717, 1.165) is 20.9 Å². The Bertz CT molecular complexity index is 557. The molecule has 0 fully saturated rings. The molecule has 2 aromatic rings. The van der Waals surface area contributed by atoms with E-state index in [9.17, 15) is 0 Å². The molecule has 20 heavy (non-hydrogen) atoms. The maximum Gasteiger partial charge on any atom is 0.0758 e. The summed E-state index contributed by atoms with van der Waals surface area (Å²) in [4.78, 5) is 4.46. The van der Waals surface area contributed by atoms with E-state index in [2.05, 4.69) is 38.4 Å². The molecular weight excluding hydrogens is 320 g/mol. The molecular formula is C15H19BrN2O2. The number of methoxy groups -OCH3 is 1. The SMILES string of the molecule is COCC(CCO)NCc1ccc(Br)c2cccnc12. The highest BCUT2D eigenvalue weighted by molar-refractivity contribution is 9.10. The van der Waals surface area contributed by atoms with Crippen molar-refractivity contribution in [2.75, 3.05) is 20.3 Å². The zero-order chi connectivity index (χ0) is 14.4. The quantitative estimate of drug-likeness (QED) is 0.814. The molecule has 0 bridgehead atoms. The van der Waals surface area contributed by atoms with E-state index in [0.29, 0.717) is 19.6 Å². The van der Waals surface area contributed by atoms with E-state index in [-0.39, 0.29) is 12.6 Å². The molecule has 0 aliphatic rings. The zero-order valence-electron chi connectivity index (χ0n) is 11.5. The molecule has 0 radical (unpaired) electrons. The summed E-state index contributed by atoms with van der Waals surface area (Å²) >= 11 is 3.55. The van der Waals surface area contributed by atoms with Gasteiger partial charge in [-0.2, -0.15) is 0 Å². The summed E-state index contributed by atoms with van der Waals surface area (Å²) in [5.41, 5.74) is 2.14. The van der Waals surface area contributed by atoms with Gasteiger partial charge in [0, 0.05) is 42.4 Å². The zero-order valence-corrected chi connectivity index (χ0v) is 13.1. The van der Waals surface area contributed by atoms with Crippen LogP contribution in [-0.2, 0) is 11.3 Å². The van der Waals surface area contributed by atoms with Crippen LogP contribution in [0.2, 0.25) is 0 Å². The monoisotopic (exact) mass is 338 g/mol. The number of hydrogen-bond acceptors (Lipinski definition) is 4. The molecule has 108 valence electrons. The van der Waals surface area contributed by atoms with Gasteiger partial charge in [0.05, 0.1) is 12.1 Å². The van der Waals surface area contributed by atoms with Crippen molar-refractivity contribution < 1.29 is 9.84 Å². The summed E-state index contributed by atoms with van der Waals surface area (Å²) in [6.07, 6.45) is 2.48. The number of fused-ring (bicyclic) bond motifs is 1. The van der Waals surface area contributed by atoms with Gasteiger partial charge in [0.15, 0.2) is 0 Å². The summed E-state index contributed by atoms with van der Waals surface area (Å²) in [6.45, 7) is 1.44. The third kappa shape index (κ3) is 3.76. The lowest BCUT2D eigenvalue weighted by Gasteiger charge is -2.17. The summed E-state index contributed by atoms with van der Waals surface area (Å²) in [5, 5.41) is 13.6. The van der Waals surface area contributed by atoms with Crippen LogP contribution < -0.4 is 5.32 Å². The first kappa shape index (κ1) is 15.4. The van der Waals surface area contributed by atoms with Crippen molar-refractivity contribution in [1.82, 2.24) is 10.3 Å². The van der Waals surface area contributed by atoms with Crippen LogP contribution in [0.15, 0.2) is 34.9 Å². The van der Waals surface area contributed by atoms with Crippen LogP contribution in [0.3, 0.4) is 0 Å². The first-order chi connectivity index (χ1) is 9.76. The molecule has 0 amide bonds. The van der Waals surface area contributed by atoms with E-state index in [1.54, 1.807) is 13.3 Å². The van der Waals surface area contributed by atoms with Gasteiger partial charge in [-0.3, -0.25) is 4.98 Å². The van der Waals surface area contributed by atoms with Crippen LogP contribution in [-0.4, -0.2) is 36.5 Å².